The zero-order chi connectivity index (χ0) is 22.8. The Morgan fingerprint density at radius 3 is 2.44 bits per heavy atom. The number of aliphatic hydroxyl groups is 4. The molecule has 10 heteroatoms. The topological polar surface area (TPSA) is 159 Å². The molecule has 1 fully saturated rings. The highest BCUT2D eigenvalue weighted by molar-refractivity contribution is 5.86. The van der Waals surface area contributed by atoms with Crippen LogP contribution in [-0.2, 0) is 11.3 Å². The standard InChI is InChI=1S/C22H22O10/c23-9-15-17(25)18(26)19(27)22(32-15)30-12-6-7-13-14(8-12)31-21(28)20(16(13)24)29-10-11-4-2-1-3-5-11/h1-8,15,17-19,22-27H,9-10H2/t15-,17-,18+,19-,22-/m1/s1. The van der Waals surface area contributed by atoms with Gasteiger partial charge in [0.15, 0.2) is 5.75 Å². The number of aliphatic hydroxyl groups excluding tert-OH is 4. The van der Waals surface area contributed by atoms with E-state index in [0.717, 1.165) is 5.56 Å². The van der Waals surface area contributed by atoms with Crippen molar-refractivity contribution in [2.45, 2.75) is 37.3 Å². The van der Waals surface area contributed by atoms with E-state index in [4.69, 9.17) is 18.6 Å². The molecule has 0 radical (unpaired) electrons. The Labute approximate surface area is 181 Å². The number of fused-ring (bicyclic) bond motifs is 1. The molecule has 0 bridgehead atoms. The summed E-state index contributed by atoms with van der Waals surface area (Å²) in [6.07, 6.45) is -7.26. The highest BCUT2D eigenvalue weighted by atomic mass is 16.7. The van der Waals surface area contributed by atoms with Crippen LogP contribution in [-0.4, -0.2) is 62.8 Å². The van der Waals surface area contributed by atoms with Gasteiger partial charge in [-0.25, -0.2) is 4.79 Å². The molecule has 5 N–H and O–H groups in total. The number of rotatable bonds is 6. The normalized spacial score (nSPS) is 25.6. The van der Waals surface area contributed by atoms with Crippen molar-refractivity contribution in [1.29, 1.82) is 0 Å². The van der Waals surface area contributed by atoms with E-state index in [2.05, 4.69) is 0 Å². The fraction of sp³-hybridized carbons (Fsp3) is 0.318. The SMILES string of the molecule is O=c1oc2cc(O[C@@H]3O[C@H](CO)[C@@H](O)[C@H](O)[C@H]3O)ccc2c(O)c1OCc1ccccc1. The number of ether oxygens (including phenoxy) is 3. The van der Waals surface area contributed by atoms with Crippen molar-refractivity contribution in [3.05, 3.63) is 64.5 Å². The van der Waals surface area contributed by atoms with Crippen molar-refractivity contribution in [2.75, 3.05) is 6.61 Å². The molecule has 32 heavy (non-hydrogen) atoms. The van der Waals surface area contributed by atoms with Gasteiger partial charge < -0.3 is 44.2 Å². The third kappa shape index (κ3) is 4.27. The van der Waals surface area contributed by atoms with Gasteiger partial charge in [0.25, 0.3) is 0 Å². The van der Waals surface area contributed by atoms with E-state index in [9.17, 15) is 30.3 Å². The number of hydrogen-bond acceptors (Lipinski definition) is 10. The van der Waals surface area contributed by atoms with E-state index in [0.29, 0.717) is 0 Å². The minimum atomic E-state index is -1.60. The maximum absolute atomic E-state index is 12.3. The molecule has 2 heterocycles. The van der Waals surface area contributed by atoms with Crippen molar-refractivity contribution in [3.63, 3.8) is 0 Å². The largest absolute Gasteiger partial charge is 0.504 e. The van der Waals surface area contributed by atoms with E-state index in [1.807, 2.05) is 30.3 Å². The first-order valence-electron chi connectivity index (χ1n) is 9.82. The zero-order valence-electron chi connectivity index (χ0n) is 16.7. The first-order chi connectivity index (χ1) is 15.4. The average molecular weight is 446 g/mol. The van der Waals surface area contributed by atoms with Gasteiger partial charge in [-0.2, -0.15) is 0 Å². The lowest BCUT2D eigenvalue weighted by molar-refractivity contribution is -0.277. The third-order valence-electron chi connectivity index (χ3n) is 5.14. The molecule has 2 aromatic carbocycles. The fourth-order valence-electron chi connectivity index (χ4n) is 3.38. The summed E-state index contributed by atoms with van der Waals surface area (Å²) in [5.41, 5.74) is -0.104. The van der Waals surface area contributed by atoms with Crippen LogP contribution in [0.5, 0.6) is 17.2 Å². The highest BCUT2D eigenvalue weighted by Crippen LogP contribution is 2.34. The summed E-state index contributed by atoms with van der Waals surface area (Å²) in [7, 11) is 0. The molecule has 0 aliphatic carbocycles. The Balaban J connectivity index is 1.56. The first kappa shape index (κ1) is 22.1. The maximum Gasteiger partial charge on any atom is 0.383 e. The van der Waals surface area contributed by atoms with Crippen LogP contribution < -0.4 is 15.1 Å². The Morgan fingerprint density at radius 2 is 1.72 bits per heavy atom. The Kier molecular flexibility index (Phi) is 6.31. The second-order valence-corrected chi connectivity index (χ2v) is 7.31. The van der Waals surface area contributed by atoms with Crippen molar-refractivity contribution >= 4 is 11.0 Å². The Morgan fingerprint density at radius 1 is 0.969 bits per heavy atom. The summed E-state index contributed by atoms with van der Waals surface area (Å²) < 4.78 is 21.5. The maximum atomic E-state index is 12.3. The van der Waals surface area contributed by atoms with Gasteiger partial charge in [0, 0.05) is 6.07 Å². The molecule has 0 saturated carbocycles. The van der Waals surface area contributed by atoms with Gasteiger partial charge in [-0.15, -0.1) is 0 Å². The minimum Gasteiger partial charge on any atom is -0.504 e. The van der Waals surface area contributed by atoms with Crippen LogP contribution >= 0.6 is 0 Å². The molecule has 1 aliphatic rings. The van der Waals surface area contributed by atoms with Gasteiger partial charge in [0.1, 0.15) is 42.4 Å². The van der Waals surface area contributed by atoms with Crippen LogP contribution in [0.2, 0.25) is 0 Å². The van der Waals surface area contributed by atoms with Crippen molar-refractivity contribution in [3.8, 4) is 17.2 Å². The average Bonchev–Trinajstić information content (AvgIpc) is 2.79. The quantitative estimate of drug-likeness (QED) is 0.332. The van der Waals surface area contributed by atoms with Gasteiger partial charge in [-0.3, -0.25) is 0 Å². The molecule has 5 atom stereocenters. The van der Waals surface area contributed by atoms with Gasteiger partial charge in [0.05, 0.1) is 12.0 Å². The van der Waals surface area contributed by atoms with Gasteiger partial charge in [0.2, 0.25) is 12.0 Å². The third-order valence-corrected chi connectivity index (χ3v) is 5.14. The first-order valence-corrected chi connectivity index (χ1v) is 9.82. The molecule has 10 nitrogen and oxygen atoms in total. The summed E-state index contributed by atoms with van der Waals surface area (Å²) in [5, 5.41) is 49.8. The van der Waals surface area contributed by atoms with Crippen LogP contribution in [0.1, 0.15) is 5.56 Å². The summed E-state index contributed by atoms with van der Waals surface area (Å²) in [6, 6.07) is 13.2. The molecule has 1 aliphatic heterocycles. The molecule has 0 amide bonds. The van der Waals surface area contributed by atoms with E-state index in [1.165, 1.54) is 18.2 Å². The van der Waals surface area contributed by atoms with Crippen molar-refractivity contribution < 1.29 is 44.2 Å². The van der Waals surface area contributed by atoms with Crippen LogP contribution in [0.3, 0.4) is 0 Å². The van der Waals surface area contributed by atoms with E-state index in [1.54, 1.807) is 0 Å². The van der Waals surface area contributed by atoms with Crippen LogP contribution in [0.15, 0.2) is 57.7 Å². The fourth-order valence-corrected chi connectivity index (χ4v) is 3.38. The summed E-state index contributed by atoms with van der Waals surface area (Å²) >= 11 is 0. The molecule has 3 aromatic rings. The lowest BCUT2D eigenvalue weighted by atomic mass is 9.99. The van der Waals surface area contributed by atoms with E-state index < -0.39 is 48.7 Å². The van der Waals surface area contributed by atoms with Gasteiger partial charge in [-0.1, -0.05) is 30.3 Å². The van der Waals surface area contributed by atoms with Crippen LogP contribution in [0.4, 0.5) is 0 Å². The van der Waals surface area contributed by atoms with Crippen LogP contribution in [0, 0.1) is 0 Å². The predicted molar refractivity (Wildman–Crippen MR) is 109 cm³/mol. The molecular formula is C22H22O10. The van der Waals surface area contributed by atoms with E-state index >= 15 is 0 Å². The molecule has 4 rings (SSSR count). The van der Waals surface area contributed by atoms with Crippen molar-refractivity contribution in [2.24, 2.45) is 0 Å². The van der Waals surface area contributed by atoms with E-state index in [-0.39, 0.29) is 29.1 Å². The molecule has 170 valence electrons. The molecule has 1 aromatic heterocycles. The second kappa shape index (κ2) is 9.15. The predicted octanol–water partition coefficient (Wildman–Crippen LogP) is 0.256. The summed E-state index contributed by atoms with van der Waals surface area (Å²) in [6.45, 7) is -0.542. The van der Waals surface area contributed by atoms with Gasteiger partial charge >= 0.3 is 5.63 Å². The monoisotopic (exact) mass is 446 g/mol. The molecular weight excluding hydrogens is 424 g/mol. The number of aromatic hydroxyl groups is 1. The molecule has 1 saturated heterocycles. The zero-order valence-corrected chi connectivity index (χ0v) is 16.7. The Bertz CT molecular complexity index is 1130. The smallest absolute Gasteiger partial charge is 0.383 e. The lowest BCUT2D eigenvalue weighted by Crippen LogP contribution is -2.60. The summed E-state index contributed by atoms with van der Waals surface area (Å²) in [5.74, 6) is -0.641. The van der Waals surface area contributed by atoms with Gasteiger partial charge in [-0.05, 0) is 17.7 Å². The molecule has 0 unspecified atom stereocenters. The minimum absolute atomic E-state index is 0.0124. The summed E-state index contributed by atoms with van der Waals surface area (Å²) in [4.78, 5) is 12.3. The Hall–Kier alpha value is -3.15. The second-order valence-electron chi connectivity index (χ2n) is 7.31. The number of benzene rings is 2. The lowest BCUT2D eigenvalue weighted by Gasteiger charge is -2.39. The highest BCUT2D eigenvalue weighted by Gasteiger charge is 2.44. The van der Waals surface area contributed by atoms with Crippen molar-refractivity contribution in [1.82, 2.24) is 0 Å². The number of hydrogen-bond donors (Lipinski definition) is 5. The molecule has 0 spiro atoms. The van der Waals surface area contributed by atoms with Crippen LogP contribution in [0.25, 0.3) is 11.0 Å².